The third-order valence-electron chi connectivity index (χ3n) is 2.62. The first kappa shape index (κ1) is 12.6. The molecule has 4 heteroatoms. The highest BCUT2D eigenvalue weighted by molar-refractivity contribution is 7.10. The molecule has 0 N–H and O–H groups in total. The Labute approximate surface area is 110 Å². The van der Waals surface area contributed by atoms with Gasteiger partial charge in [0.25, 0.3) is 0 Å². The summed E-state index contributed by atoms with van der Waals surface area (Å²) in [7, 11) is 3.10. The molecular weight excluding hydrogens is 248 g/mol. The fraction of sp³-hybridized carbons (Fsp3) is 0.214. The topological polar surface area (TPSA) is 35.5 Å². The van der Waals surface area contributed by atoms with Crippen LogP contribution in [0.15, 0.2) is 35.7 Å². The van der Waals surface area contributed by atoms with E-state index in [0.29, 0.717) is 23.5 Å². The van der Waals surface area contributed by atoms with Crippen molar-refractivity contribution in [1.29, 1.82) is 0 Å². The summed E-state index contributed by atoms with van der Waals surface area (Å²) in [6.07, 6.45) is 0.390. The molecule has 2 aromatic rings. The Bertz CT molecular complexity index is 532. The molecule has 2 rings (SSSR count). The quantitative estimate of drug-likeness (QED) is 0.776. The molecule has 0 saturated heterocycles. The molecule has 0 bridgehead atoms. The number of benzene rings is 1. The van der Waals surface area contributed by atoms with Crippen LogP contribution in [0.2, 0.25) is 0 Å². The van der Waals surface area contributed by atoms with Crippen LogP contribution in [0, 0.1) is 0 Å². The van der Waals surface area contributed by atoms with E-state index in [0.717, 1.165) is 4.88 Å². The lowest BCUT2D eigenvalue weighted by Gasteiger charge is -2.11. The van der Waals surface area contributed by atoms with E-state index in [-0.39, 0.29) is 5.78 Å². The first-order valence-corrected chi connectivity index (χ1v) is 6.40. The summed E-state index contributed by atoms with van der Waals surface area (Å²) in [5.41, 5.74) is 0.560. The van der Waals surface area contributed by atoms with E-state index in [2.05, 4.69) is 0 Å². The summed E-state index contributed by atoms with van der Waals surface area (Å²) in [4.78, 5) is 13.3. The molecule has 0 radical (unpaired) electrons. The molecule has 94 valence electrons. The van der Waals surface area contributed by atoms with Gasteiger partial charge in [-0.2, -0.15) is 0 Å². The summed E-state index contributed by atoms with van der Waals surface area (Å²) in [5, 5.41) is 1.96. The van der Waals surface area contributed by atoms with E-state index in [1.54, 1.807) is 43.8 Å². The van der Waals surface area contributed by atoms with Crippen molar-refractivity contribution in [3.63, 3.8) is 0 Å². The second-order valence-electron chi connectivity index (χ2n) is 3.72. The van der Waals surface area contributed by atoms with Gasteiger partial charge in [-0.1, -0.05) is 12.1 Å². The first-order valence-electron chi connectivity index (χ1n) is 5.53. The molecule has 1 aromatic heterocycles. The lowest BCUT2D eigenvalue weighted by molar-refractivity contribution is 0.0990. The number of hydrogen-bond donors (Lipinski definition) is 0. The smallest absolute Gasteiger partial charge is 0.171 e. The third kappa shape index (κ3) is 2.54. The molecule has 1 heterocycles. The molecule has 0 unspecified atom stereocenters. The predicted octanol–water partition coefficient (Wildman–Crippen LogP) is 3.19. The maximum Gasteiger partial charge on any atom is 0.171 e. The molecule has 0 aliphatic heterocycles. The highest BCUT2D eigenvalue weighted by Gasteiger charge is 2.16. The lowest BCUT2D eigenvalue weighted by Crippen LogP contribution is -2.05. The van der Waals surface area contributed by atoms with Crippen molar-refractivity contribution in [3.05, 3.63) is 46.2 Å². The number of Topliss-reactive ketones (excluding diaryl/α,β-unsaturated/α-hetero) is 1. The molecule has 0 aliphatic rings. The van der Waals surface area contributed by atoms with Crippen LogP contribution >= 0.6 is 11.3 Å². The fourth-order valence-corrected chi connectivity index (χ4v) is 2.48. The Hall–Kier alpha value is -1.81. The lowest BCUT2D eigenvalue weighted by atomic mass is 10.1. The van der Waals surface area contributed by atoms with Crippen molar-refractivity contribution in [2.45, 2.75) is 6.42 Å². The van der Waals surface area contributed by atoms with Gasteiger partial charge in [0.15, 0.2) is 17.3 Å². The zero-order valence-electron chi connectivity index (χ0n) is 10.3. The number of carbonyl (C=O) groups excluding carboxylic acids is 1. The third-order valence-corrected chi connectivity index (χ3v) is 3.49. The minimum atomic E-state index is 0.0354. The normalized spacial score (nSPS) is 10.1. The number of methoxy groups -OCH3 is 2. The average molecular weight is 262 g/mol. The van der Waals surface area contributed by atoms with Crippen LogP contribution in [0.1, 0.15) is 15.2 Å². The van der Waals surface area contributed by atoms with Crippen LogP contribution in [-0.4, -0.2) is 20.0 Å². The summed E-state index contributed by atoms with van der Waals surface area (Å²) in [6, 6.07) is 9.23. The number of thiophene rings is 1. The summed E-state index contributed by atoms with van der Waals surface area (Å²) < 4.78 is 10.5. The zero-order valence-corrected chi connectivity index (χ0v) is 11.1. The molecule has 0 saturated carbocycles. The Balaban J connectivity index is 2.29. The standard InChI is InChI=1S/C14H14O3S/c1-16-13-7-3-6-11(14(13)17-2)12(15)9-10-5-4-8-18-10/h3-8H,9H2,1-2H3. The van der Waals surface area contributed by atoms with Crippen molar-refractivity contribution >= 4 is 17.1 Å². The predicted molar refractivity (Wildman–Crippen MR) is 71.9 cm³/mol. The van der Waals surface area contributed by atoms with Crippen LogP contribution < -0.4 is 9.47 Å². The Kier molecular flexibility index (Phi) is 3.99. The van der Waals surface area contributed by atoms with E-state index >= 15 is 0 Å². The number of ether oxygens (including phenoxy) is 2. The van der Waals surface area contributed by atoms with Crippen molar-refractivity contribution in [1.82, 2.24) is 0 Å². The van der Waals surface area contributed by atoms with Crippen LogP contribution in [0.25, 0.3) is 0 Å². The van der Waals surface area contributed by atoms with E-state index in [9.17, 15) is 4.79 Å². The van der Waals surface area contributed by atoms with E-state index in [1.807, 2.05) is 17.5 Å². The number of rotatable bonds is 5. The van der Waals surface area contributed by atoms with Crippen molar-refractivity contribution in [2.24, 2.45) is 0 Å². The molecule has 3 nitrogen and oxygen atoms in total. The maximum absolute atomic E-state index is 12.2. The van der Waals surface area contributed by atoms with Crippen molar-refractivity contribution < 1.29 is 14.3 Å². The SMILES string of the molecule is COc1cccc(C(=O)Cc2cccs2)c1OC. The molecule has 0 fully saturated rings. The monoisotopic (exact) mass is 262 g/mol. The largest absolute Gasteiger partial charge is 0.493 e. The molecule has 0 atom stereocenters. The van der Waals surface area contributed by atoms with Gasteiger partial charge in [0.1, 0.15) is 0 Å². The Morgan fingerprint density at radius 3 is 2.61 bits per heavy atom. The van der Waals surface area contributed by atoms with Gasteiger partial charge in [0.2, 0.25) is 0 Å². The van der Waals surface area contributed by atoms with Gasteiger partial charge in [0.05, 0.1) is 19.8 Å². The van der Waals surface area contributed by atoms with Gasteiger partial charge in [-0.05, 0) is 23.6 Å². The van der Waals surface area contributed by atoms with Gasteiger partial charge in [-0.25, -0.2) is 0 Å². The molecule has 1 aromatic carbocycles. The van der Waals surface area contributed by atoms with Crippen molar-refractivity contribution in [3.8, 4) is 11.5 Å². The number of para-hydroxylation sites is 1. The molecule has 0 spiro atoms. The average Bonchev–Trinajstić information content (AvgIpc) is 2.90. The molecule has 0 amide bonds. The highest BCUT2D eigenvalue weighted by Crippen LogP contribution is 2.31. The molecular formula is C14H14O3S. The second-order valence-corrected chi connectivity index (χ2v) is 4.75. The number of carbonyl (C=O) groups is 1. The summed E-state index contributed by atoms with van der Waals surface area (Å²) in [6.45, 7) is 0. The number of hydrogen-bond acceptors (Lipinski definition) is 4. The van der Waals surface area contributed by atoms with E-state index in [1.165, 1.54) is 0 Å². The minimum Gasteiger partial charge on any atom is -0.493 e. The van der Waals surface area contributed by atoms with E-state index < -0.39 is 0 Å². The van der Waals surface area contributed by atoms with Crippen LogP contribution in [-0.2, 0) is 6.42 Å². The molecule has 18 heavy (non-hydrogen) atoms. The van der Waals surface area contributed by atoms with Crippen molar-refractivity contribution in [2.75, 3.05) is 14.2 Å². The maximum atomic E-state index is 12.2. The minimum absolute atomic E-state index is 0.0354. The second kappa shape index (κ2) is 5.69. The van der Waals surface area contributed by atoms with Crippen LogP contribution in [0.3, 0.4) is 0 Å². The van der Waals surface area contributed by atoms with Crippen LogP contribution in [0.4, 0.5) is 0 Å². The zero-order chi connectivity index (χ0) is 13.0. The fourth-order valence-electron chi connectivity index (χ4n) is 1.77. The van der Waals surface area contributed by atoms with Gasteiger partial charge in [0, 0.05) is 11.3 Å². The van der Waals surface area contributed by atoms with Gasteiger partial charge in [-0.3, -0.25) is 4.79 Å². The summed E-state index contributed by atoms with van der Waals surface area (Å²) >= 11 is 1.58. The Morgan fingerprint density at radius 2 is 2.00 bits per heavy atom. The Morgan fingerprint density at radius 1 is 1.17 bits per heavy atom. The van der Waals surface area contributed by atoms with Gasteiger partial charge >= 0.3 is 0 Å². The van der Waals surface area contributed by atoms with Crippen LogP contribution in [0.5, 0.6) is 11.5 Å². The summed E-state index contributed by atoms with van der Waals surface area (Å²) in [5.74, 6) is 1.12. The number of ketones is 1. The first-order chi connectivity index (χ1) is 8.76. The van der Waals surface area contributed by atoms with E-state index in [4.69, 9.17) is 9.47 Å². The highest BCUT2D eigenvalue weighted by atomic mass is 32.1. The van der Waals surface area contributed by atoms with Gasteiger partial charge in [-0.15, -0.1) is 11.3 Å². The molecule has 0 aliphatic carbocycles. The van der Waals surface area contributed by atoms with Gasteiger partial charge < -0.3 is 9.47 Å².